The fourth-order valence-electron chi connectivity index (χ4n) is 3.04. The monoisotopic (exact) mass is 347 g/mol. The van der Waals surface area contributed by atoms with Gasteiger partial charge in [0.25, 0.3) is 0 Å². The van der Waals surface area contributed by atoms with E-state index < -0.39 is 11.7 Å². The Morgan fingerprint density at radius 2 is 2.04 bits per heavy atom. The topological polar surface area (TPSA) is 55.6 Å². The summed E-state index contributed by atoms with van der Waals surface area (Å²) < 4.78 is 40.7. The normalized spacial score (nSPS) is 16.2. The Balaban J connectivity index is 1.71. The van der Waals surface area contributed by atoms with Gasteiger partial charge in [-0.2, -0.15) is 18.3 Å². The Hall–Kier alpha value is -2.64. The Morgan fingerprint density at radius 1 is 1.24 bits per heavy atom. The molecule has 2 aromatic heterocycles. The van der Waals surface area contributed by atoms with E-state index in [-0.39, 0.29) is 6.04 Å². The van der Waals surface area contributed by atoms with Crippen LogP contribution in [-0.4, -0.2) is 19.7 Å². The van der Waals surface area contributed by atoms with Gasteiger partial charge in [0.1, 0.15) is 12.1 Å². The molecule has 8 heteroatoms. The van der Waals surface area contributed by atoms with Gasteiger partial charge < -0.3 is 5.32 Å². The van der Waals surface area contributed by atoms with Crippen molar-refractivity contribution in [3.8, 4) is 0 Å². The van der Waals surface area contributed by atoms with Crippen LogP contribution in [-0.2, 0) is 13.2 Å². The second-order valence-corrected chi connectivity index (χ2v) is 6.31. The van der Waals surface area contributed by atoms with Crippen molar-refractivity contribution in [3.05, 3.63) is 47.9 Å². The SMILES string of the molecule is Cn1ncc2c(N[C@@H](c3cccc(C(F)(F)F)c3)C3CC3)ncnc21. The molecule has 1 aliphatic rings. The predicted molar refractivity (Wildman–Crippen MR) is 86.8 cm³/mol. The van der Waals surface area contributed by atoms with Gasteiger partial charge in [0.15, 0.2) is 5.65 Å². The highest BCUT2D eigenvalue weighted by molar-refractivity contribution is 5.86. The molecule has 0 spiro atoms. The highest BCUT2D eigenvalue weighted by atomic mass is 19.4. The molecule has 0 bridgehead atoms. The highest BCUT2D eigenvalue weighted by Gasteiger charge is 2.35. The fourth-order valence-corrected chi connectivity index (χ4v) is 3.04. The highest BCUT2D eigenvalue weighted by Crippen LogP contribution is 2.44. The zero-order chi connectivity index (χ0) is 17.6. The van der Waals surface area contributed by atoms with Crippen molar-refractivity contribution in [1.82, 2.24) is 19.7 Å². The van der Waals surface area contributed by atoms with E-state index >= 15 is 0 Å². The van der Waals surface area contributed by atoms with Gasteiger partial charge in [0, 0.05) is 7.05 Å². The van der Waals surface area contributed by atoms with Gasteiger partial charge in [-0.15, -0.1) is 0 Å². The molecule has 1 aliphatic carbocycles. The summed E-state index contributed by atoms with van der Waals surface area (Å²) in [5, 5.41) is 8.24. The molecular weight excluding hydrogens is 331 g/mol. The minimum absolute atomic E-state index is 0.222. The summed E-state index contributed by atoms with van der Waals surface area (Å²) in [7, 11) is 1.78. The predicted octanol–water partition coefficient (Wildman–Crippen LogP) is 3.95. The van der Waals surface area contributed by atoms with Crippen LogP contribution in [0.1, 0.15) is 30.0 Å². The van der Waals surface area contributed by atoms with Crippen LogP contribution in [0.5, 0.6) is 0 Å². The largest absolute Gasteiger partial charge is 0.416 e. The maximum Gasteiger partial charge on any atom is 0.416 e. The first-order valence-electron chi connectivity index (χ1n) is 8.00. The quantitative estimate of drug-likeness (QED) is 0.777. The van der Waals surface area contributed by atoms with Crippen LogP contribution in [0.2, 0.25) is 0 Å². The van der Waals surface area contributed by atoms with Gasteiger partial charge in [0.05, 0.1) is 23.2 Å². The number of nitrogens with one attached hydrogen (secondary N) is 1. The van der Waals surface area contributed by atoms with Crippen LogP contribution in [0.25, 0.3) is 11.0 Å². The maximum atomic E-state index is 13.0. The molecule has 0 radical (unpaired) electrons. The fraction of sp³-hybridized carbons (Fsp3) is 0.353. The van der Waals surface area contributed by atoms with Crippen molar-refractivity contribution in [1.29, 1.82) is 0 Å². The summed E-state index contributed by atoms with van der Waals surface area (Å²) in [6.07, 6.45) is 0.705. The van der Waals surface area contributed by atoms with Gasteiger partial charge in [-0.1, -0.05) is 12.1 Å². The number of nitrogens with zero attached hydrogens (tertiary/aromatic N) is 4. The third-order valence-electron chi connectivity index (χ3n) is 4.49. The number of benzene rings is 1. The van der Waals surface area contributed by atoms with Gasteiger partial charge >= 0.3 is 6.18 Å². The molecule has 1 fully saturated rings. The lowest BCUT2D eigenvalue weighted by atomic mass is 9.99. The average Bonchev–Trinajstić information content (AvgIpc) is 3.35. The van der Waals surface area contributed by atoms with E-state index in [2.05, 4.69) is 20.4 Å². The summed E-state index contributed by atoms with van der Waals surface area (Å²) in [6.45, 7) is 0. The van der Waals surface area contributed by atoms with Gasteiger partial charge in [-0.25, -0.2) is 9.97 Å². The molecule has 5 nitrogen and oxygen atoms in total. The standard InChI is InChI=1S/C17H16F3N5/c1-25-16-13(8-23-25)15(21-9-22-16)24-14(10-5-6-10)11-3-2-4-12(7-11)17(18,19)20/h2-4,7-10,14H,5-6H2,1H3,(H,21,22,24)/t14-/m1/s1. The van der Waals surface area contributed by atoms with E-state index in [0.717, 1.165) is 24.3 Å². The molecule has 0 unspecified atom stereocenters. The molecule has 0 amide bonds. The second-order valence-electron chi connectivity index (χ2n) is 6.31. The molecule has 1 saturated carbocycles. The third kappa shape index (κ3) is 3.04. The number of aromatic nitrogens is 4. The molecule has 25 heavy (non-hydrogen) atoms. The van der Waals surface area contributed by atoms with Crippen molar-refractivity contribution in [2.45, 2.75) is 25.1 Å². The molecule has 1 aromatic carbocycles. The van der Waals surface area contributed by atoms with Crippen molar-refractivity contribution in [2.24, 2.45) is 13.0 Å². The van der Waals surface area contributed by atoms with Gasteiger partial charge in [-0.3, -0.25) is 4.68 Å². The first kappa shape index (κ1) is 15.9. The molecule has 3 aromatic rings. The number of anilines is 1. The lowest BCUT2D eigenvalue weighted by molar-refractivity contribution is -0.137. The van der Waals surface area contributed by atoms with Crippen molar-refractivity contribution in [3.63, 3.8) is 0 Å². The molecule has 0 aliphatic heterocycles. The summed E-state index contributed by atoms with van der Waals surface area (Å²) in [5.41, 5.74) is 0.663. The molecule has 2 heterocycles. The van der Waals surface area contributed by atoms with E-state index in [1.54, 1.807) is 24.0 Å². The van der Waals surface area contributed by atoms with E-state index in [1.807, 2.05) is 0 Å². The zero-order valence-corrected chi connectivity index (χ0v) is 13.5. The number of halogens is 3. The first-order valence-corrected chi connectivity index (χ1v) is 8.00. The minimum atomic E-state index is -4.35. The Bertz CT molecular complexity index is 914. The van der Waals surface area contributed by atoms with Gasteiger partial charge in [-0.05, 0) is 36.5 Å². The number of rotatable bonds is 4. The number of aryl methyl sites for hydroxylation is 1. The van der Waals surface area contributed by atoms with E-state index in [0.29, 0.717) is 22.9 Å². The molecule has 130 valence electrons. The van der Waals surface area contributed by atoms with E-state index in [4.69, 9.17) is 0 Å². The van der Waals surface area contributed by atoms with Gasteiger partial charge in [0.2, 0.25) is 0 Å². The van der Waals surface area contributed by atoms with Crippen LogP contribution in [0.4, 0.5) is 19.0 Å². The van der Waals surface area contributed by atoms with Crippen molar-refractivity contribution in [2.75, 3.05) is 5.32 Å². The number of alkyl halides is 3. The molecule has 1 atom stereocenters. The Morgan fingerprint density at radius 3 is 2.76 bits per heavy atom. The van der Waals surface area contributed by atoms with Crippen LogP contribution in [0, 0.1) is 5.92 Å². The maximum absolute atomic E-state index is 13.0. The molecule has 1 N–H and O–H groups in total. The first-order chi connectivity index (χ1) is 11.9. The van der Waals surface area contributed by atoms with E-state index in [9.17, 15) is 13.2 Å². The van der Waals surface area contributed by atoms with Crippen molar-refractivity contribution >= 4 is 16.9 Å². The Labute approximate surface area is 141 Å². The molecule has 4 rings (SSSR count). The summed E-state index contributed by atoms with van der Waals surface area (Å²) in [5.74, 6) is 0.887. The van der Waals surface area contributed by atoms with E-state index in [1.165, 1.54) is 18.5 Å². The van der Waals surface area contributed by atoms with Crippen molar-refractivity contribution < 1.29 is 13.2 Å². The number of fused-ring (bicyclic) bond motifs is 1. The Kier molecular flexibility index (Phi) is 3.63. The average molecular weight is 347 g/mol. The minimum Gasteiger partial charge on any atom is -0.362 e. The summed E-state index contributed by atoms with van der Waals surface area (Å²) in [4.78, 5) is 8.46. The van der Waals surface area contributed by atoms with Crippen LogP contribution in [0.15, 0.2) is 36.8 Å². The molecular formula is C17H16F3N5. The van der Waals surface area contributed by atoms with Crippen LogP contribution >= 0.6 is 0 Å². The number of hydrogen-bond donors (Lipinski definition) is 1. The summed E-state index contributed by atoms with van der Waals surface area (Å²) in [6, 6.07) is 5.28. The third-order valence-corrected chi connectivity index (χ3v) is 4.49. The lowest BCUT2D eigenvalue weighted by Crippen LogP contribution is -2.15. The smallest absolute Gasteiger partial charge is 0.362 e. The second kappa shape index (κ2) is 5.72. The van der Waals surface area contributed by atoms with Crippen LogP contribution < -0.4 is 5.32 Å². The summed E-state index contributed by atoms with van der Waals surface area (Å²) >= 11 is 0. The lowest BCUT2D eigenvalue weighted by Gasteiger charge is -2.21. The molecule has 0 saturated heterocycles. The number of hydrogen-bond acceptors (Lipinski definition) is 4. The zero-order valence-electron chi connectivity index (χ0n) is 13.5. The van der Waals surface area contributed by atoms with Crippen LogP contribution in [0.3, 0.4) is 0 Å².